The molecular formula is C15H18BrFN2O2. The van der Waals surface area contributed by atoms with Crippen LogP contribution in [0.5, 0.6) is 0 Å². The number of likely N-dealkylation sites (tertiary alicyclic amines) is 1. The Morgan fingerprint density at radius 3 is 2.62 bits per heavy atom. The van der Waals surface area contributed by atoms with Gasteiger partial charge in [-0.1, -0.05) is 15.9 Å². The molecule has 0 spiro atoms. The largest absolute Gasteiger partial charge is 0.351 e. The number of hydrogen-bond acceptors (Lipinski definition) is 2. The summed E-state index contributed by atoms with van der Waals surface area (Å²) in [5, 5.41) is 2.59. The molecule has 114 valence electrons. The highest BCUT2D eigenvalue weighted by Gasteiger charge is 2.17. The molecule has 0 aromatic heterocycles. The van der Waals surface area contributed by atoms with Crippen molar-refractivity contribution in [1.29, 1.82) is 0 Å². The van der Waals surface area contributed by atoms with Gasteiger partial charge in [0.1, 0.15) is 5.82 Å². The van der Waals surface area contributed by atoms with Crippen LogP contribution in [0.1, 0.15) is 36.0 Å². The van der Waals surface area contributed by atoms with E-state index >= 15 is 0 Å². The molecule has 0 bridgehead atoms. The van der Waals surface area contributed by atoms with Crippen LogP contribution in [0.2, 0.25) is 0 Å². The SMILES string of the molecule is O=C(NCCC(=O)N1CCCCC1)c1ccc(Br)cc1F. The van der Waals surface area contributed by atoms with E-state index in [-0.39, 0.29) is 24.4 Å². The van der Waals surface area contributed by atoms with Crippen LogP contribution in [-0.4, -0.2) is 36.3 Å². The summed E-state index contributed by atoms with van der Waals surface area (Å²) < 4.78 is 14.2. The number of amides is 2. The molecule has 1 aromatic rings. The normalized spacial score (nSPS) is 14.9. The zero-order valence-corrected chi connectivity index (χ0v) is 13.3. The molecular weight excluding hydrogens is 339 g/mol. The summed E-state index contributed by atoms with van der Waals surface area (Å²) in [5.41, 5.74) is -0.0105. The van der Waals surface area contributed by atoms with Crippen molar-refractivity contribution in [2.75, 3.05) is 19.6 Å². The Morgan fingerprint density at radius 2 is 1.95 bits per heavy atom. The topological polar surface area (TPSA) is 49.4 Å². The van der Waals surface area contributed by atoms with Crippen LogP contribution in [-0.2, 0) is 4.79 Å². The minimum atomic E-state index is -0.579. The number of rotatable bonds is 4. The fourth-order valence-corrected chi connectivity index (χ4v) is 2.69. The Balaban J connectivity index is 1.79. The lowest BCUT2D eigenvalue weighted by Gasteiger charge is -2.26. The van der Waals surface area contributed by atoms with E-state index < -0.39 is 11.7 Å². The van der Waals surface area contributed by atoms with Crippen molar-refractivity contribution in [3.05, 3.63) is 34.1 Å². The maximum absolute atomic E-state index is 13.6. The quantitative estimate of drug-likeness (QED) is 0.901. The monoisotopic (exact) mass is 356 g/mol. The molecule has 4 nitrogen and oxygen atoms in total. The summed E-state index contributed by atoms with van der Waals surface area (Å²) >= 11 is 3.14. The third-order valence-corrected chi connectivity index (χ3v) is 4.00. The highest BCUT2D eigenvalue weighted by Crippen LogP contribution is 2.15. The third kappa shape index (κ3) is 4.52. The average Bonchev–Trinajstić information content (AvgIpc) is 2.47. The van der Waals surface area contributed by atoms with Gasteiger partial charge in [-0.15, -0.1) is 0 Å². The lowest BCUT2D eigenvalue weighted by molar-refractivity contribution is -0.131. The summed E-state index contributed by atoms with van der Waals surface area (Å²) in [6, 6.07) is 4.27. The number of carbonyl (C=O) groups is 2. The lowest BCUT2D eigenvalue weighted by atomic mass is 10.1. The van der Waals surface area contributed by atoms with Crippen LogP contribution < -0.4 is 5.32 Å². The van der Waals surface area contributed by atoms with E-state index in [9.17, 15) is 14.0 Å². The molecule has 0 unspecified atom stereocenters. The molecule has 1 aliphatic heterocycles. The van der Waals surface area contributed by atoms with Crippen molar-refractivity contribution in [3.8, 4) is 0 Å². The van der Waals surface area contributed by atoms with Crippen LogP contribution >= 0.6 is 15.9 Å². The van der Waals surface area contributed by atoms with Crippen molar-refractivity contribution in [2.45, 2.75) is 25.7 Å². The zero-order chi connectivity index (χ0) is 15.2. The molecule has 1 aromatic carbocycles. The predicted octanol–water partition coefficient (Wildman–Crippen LogP) is 2.72. The average molecular weight is 357 g/mol. The van der Waals surface area contributed by atoms with Gasteiger partial charge in [0, 0.05) is 30.5 Å². The van der Waals surface area contributed by atoms with Crippen molar-refractivity contribution >= 4 is 27.7 Å². The van der Waals surface area contributed by atoms with E-state index in [4.69, 9.17) is 0 Å². The van der Waals surface area contributed by atoms with E-state index in [0.717, 1.165) is 25.9 Å². The van der Waals surface area contributed by atoms with Crippen molar-refractivity contribution in [3.63, 3.8) is 0 Å². The Labute approximate surface area is 131 Å². The molecule has 6 heteroatoms. The first-order valence-electron chi connectivity index (χ1n) is 7.09. The van der Waals surface area contributed by atoms with Crippen LogP contribution in [0.3, 0.4) is 0 Å². The minimum Gasteiger partial charge on any atom is -0.351 e. The molecule has 1 saturated heterocycles. The van der Waals surface area contributed by atoms with Crippen molar-refractivity contribution < 1.29 is 14.0 Å². The number of carbonyl (C=O) groups excluding carboxylic acids is 2. The summed E-state index contributed by atoms with van der Waals surface area (Å²) in [6.45, 7) is 1.83. The van der Waals surface area contributed by atoms with Gasteiger partial charge in [0.25, 0.3) is 5.91 Å². The summed E-state index contributed by atoms with van der Waals surface area (Å²) in [7, 11) is 0. The number of benzene rings is 1. The van der Waals surface area contributed by atoms with Gasteiger partial charge in [-0.05, 0) is 37.5 Å². The molecule has 1 N–H and O–H groups in total. The number of nitrogens with zero attached hydrogens (tertiary/aromatic N) is 1. The summed E-state index contributed by atoms with van der Waals surface area (Å²) in [4.78, 5) is 25.6. The number of hydrogen-bond donors (Lipinski definition) is 1. The Hall–Kier alpha value is -1.43. The van der Waals surface area contributed by atoms with Gasteiger partial charge in [0.05, 0.1) is 5.56 Å². The van der Waals surface area contributed by atoms with E-state index in [0.29, 0.717) is 4.47 Å². The minimum absolute atomic E-state index is 0.0105. The Bertz CT molecular complexity index is 530. The fraction of sp³-hybridized carbons (Fsp3) is 0.467. The molecule has 1 heterocycles. The molecule has 2 amide bonds. The molecule has 0 aliphatic carbocycles. The molecule has 0 atom stereocenters. The highest BCUT2D eigenvalue weighted by atomic mass is 79.9. The first-order valence-corrected chi connectivity index (χ1v) is 7.88. The van der Waals surface area contributed by atoms with Gasteiger partial charge in [-0.2, -0.15) is 0 Å². The van der Waals surface area contributed by atoms with Gasteiger partial charge in [0.15, 0.2) is 0 Å². The molecule has 0 radical (unpaired) electrons. The zero-order valence-electron chi connectivity index (χ0n) is 11.7. The van der Waals surface area contributed by atoms with Crippen LogP contribution in [0, 0.1) is 5.82 Å². The lowest BCUT2D eigenvalue weighted by Crippen LogP contribution is -2.37. The van der Waals surface area contributed by atoms with Crippen LogP contribution in [0.15, 0.2) is 22.7 Å². The van der Waals surface area contributed by atoms with Crippen molar-refractivity contribution in [2.24, 2.45) is 0 Å². The molecule has 1 fully saturated rings. The van der Waals surface area contributed by atoms with E-state index in [2.05, 4.69) is 21.2 Å². The van der Waals surface area contributed by atoms with E-state index in [1.54, 1.807) is 6.07 Å². The second kappa shape index (κ2) is 7.54. The molecule has 1 aliphatic rings. The van der Waals surface area contributed by atoms with Crippen LogP contribution in [0.4, 0.5) is 4.39 Å². The number of nitrogens with one attached hydrogen (secondary N) is 1. The van der Waals surface area contributed by atoms with E-state index in [1.165, 1.54) is 18.6 Å². The third-order valence-electron chi connectivity index (χ3n) is 3.51. The number of piperidine rings is 1. The van der Waals surface area contributed by atoms with Gasteiger partial charge in [-0.25, -0.2) is 4.39 Å². The second-order valence-corrected chi connectivity index (χ2v) is 5.99. The molecule has 2 rings (SSSR count). The molecule has 21 heavy (non-hydrogen) atoms. The standard InChI is InChI=1S/C15H18BrFN2O2/c16-11-4-5-12(13(17)10-11)15(21)18-7-6-14(20)19-8-2-1-3-9-19/h4-5,10H,1-3,6-9H2,(H,18,21). The number of halogens is 2. The second-order valence-electron chi connectivity index (χ2n) is 5.07. The van der Waals surface area contributed by atoms with Crippen LogP contribution in [0.25, 0.3) is 0 Å². The maximum Gasteiger partial charge on any atom is 0.254 e. The van der Waals surface area contributed by atoms with Gasteiger partial charge >= 0.3 is 0 Å². The summed E-state index contributed by atoms with van der Waals surface area (Å²) in [6.07, 6.45) is 3.51. The maximum atomic E-state index is 13.6. The Morgan fingerprint density at radius 1 is 1.24 bits per heavy atom. The first kappa shape index (κ1) is 15.9. The van der Waals surface area contributed by atoms with E-state index in [1.807, 2.05) is 4.90 Å². The predicted molar refractivity (Wildman–Crippen MR) is 81.5 cm³/mol. The van der Waals surface area contributed by atoms with Gasteiger partial charge in [0.2, 0.25) is 5.91 Å². The van der Waals surface area contributed by atoms with Gasteiger partial charge in [-0.3, -0.25) is 9.59 Å². The smallest absolute Gasteiger partial charge is 0.254 e. The van der Waals surface area contributed by atoms with Crippen molar-refractivity contribution in [1.82, 2.24) is 10.2 Å². The summed E-state index contributed by atoms with van der Waals surface area (Å²) in [5.74, 6) is -1.03. The fourth-order valence-electron chi connectivity index (χ4n) is 2.35. The first-order chi connectivity index (χ1) is 10.1. The Kier molecular flexibility index (Phi) is 5.73. The van der Waals surface area contributed by atoms with Gasteiger partial charge < -0.3 is 10.2 Å². The highest BCUT2D eigenvalue weighted by molar-refractivity contribution is 9.10. The molecule has 0 saturated carbocycles.